The lowest BCUT2D eigenvalue weighted by Crippen LogP contribution is -2.43. The van der Waals surface area contributed by atoms with Crippen molar-refractivity contribution in [3.05, 3.63) is 34.1 Å². The molecule has 0 bridgehead atoms. The van der Waals surface area contributed by atoms with Crippen LogP contribution in [-0.4, -0.2) is 36.6 Å². The second-order valence-electron chi connectivity index (χ2n) is 6.95. The minimum Gasteiger partial charge on any atom is -0.373 e. The van der Waals surface area contributed by atoms with Crippen LogP contribution in [0.5, 0.6) is 0 Å². The number of amides is 3. The SMILES string of the molecule is CCOC(C)NC(=O)C(C)Nc1cc(N2C(=O)CC(=C(C)C)C2=O)c(F)cc1Cl. The fourth-order valence-electron chi connectivity index (χ4n) is 2.92. The maximum absolute atomic E-state index is 14.5. The molecule has 2 atom stereocenters. The minimum absolute atomic E-state index is 0.0188. The number of hydrogen-bond acceptors (Lipinski definition) is 5. The lowest BCUT2D eigenvalue weighted by molar-refractivity contribution is -0.125. The number of anilines is 2. The van der Waals surface area contributed by atoms with E-state index in [1.807, 2.05) is 6.92 Å². The van der Waals surface area contributed by atoms with Gasteiger partial charge in [-0.15, -0.1) is 0 Å². The Hall–Kier alpha value is -2.45. The molecule has 0 radical (unpaired) electrons. The van der Waals surface area contributed by atoms with E-state index in [4.69, 9.17) is 16.3 Å². The summed E-state index contributed by atoms with van der Waals surface area (Å²) in [6.07, 6.45) is -0.557. The van der Waals surface area contributed by atoms with Crippen molar-refractivity contribution in [1.82, 2.24) is 5.32 Å². The predicted molar refractivity (Wildman–Crippen MR) is 109 cm³/mol. The number of ether oxygens (including phenoxy) is 1. The molecule has 29 heavy (non-hydrogen) atoms. The Morgan fingerprint density at radius 3 is 2.52 bits per heavy atom. The number of nitrogens with one attached hydrogen (secondary N) is 2. The second kappa shape index (κ2) is 9.37. The number of nitrogens with zero attached hydrogens (tertiary/aromatic N) is 1. The van der Waals surface area contributed by atoms with E-state index < -0.39 is 29.9 Å². The highest BCUT2D eigenvalue weighted by Gasteiger charge is 2.37. The van der Waals surface area contributed by atoms with Crippen LogP contribution in [0.2, 0.25) is 5.02 Å². The summed E-state index contributed by atoms with van der Waals surface area (Å²) in [6, 6.07) is 1.54. The number of carbonyl (C=O) groups excluding carboxylic acids is 3. The molecule has 1 fully saturated rings. The van der Waals surface area contributed by atoms with Gasteiger partial charge in [-0.1, -0.05) is 17.2 Å². The molecule has 0 aromatic heterocycles. The van der Waals surface area contributed by atoms with Crippen molar-refractivity contribution in [3.8, 4) is 0 Å². The average Bonchev–Trinajstić information content (AvgIpc) is 2.92. The molecule has 2 unspecified atom stereocenters. The Morgan fingerprint density at radius 2 is 1.97 bits per heavy atom. The maximum Gasteiger partial charge on any atom is 0.261 e. The zero-order chi connectivity index (χ0) is 21.9. The molecule has 1 aromatic carbocycles. The molecule has 1 aliphatic rings. The Morgan fingerprint density at radius 1 is 1.31 bits per heavy atom. The predicted octanol–water partition coefficient (Wildman–Crippen LogP) is 3.38. The van der Waals surface area contributed by atoms with Crippen LogP contribution in [0.4, 0.5) is 15.8 Å². The van der Waals surface area contributed by atoms with Gasteiger partial charge in [-0.3, -0.25) is 14.4 Å². The molecule has 0 aliphatic carbocycles. The molecule has 1 saturated heterocycles. The van der Waals surface area contributed by atoms with E-state index in [1.54, 1.807) is 27.7 Å². The highest BCUT2D eigenvalue weighted by atomic mass is 35.5. The molecule has 158 valence electrons. The number of benzene rings is 1. The third-order valence-corrected chi connectivity index (χ3v) is 4.76. The van der Waals surface area contributed by atoms with Gasteiger partial charge in [0.2, 0.25) is 11.8 Å². The zero-order valence-electron chi connectivity index (χ0n) is 17.1. The van der Waals surface area contributed by atoms with E-state index in [2.05, 4.69) is 10.6 Å². The standard InChI is InChI=1S/C20H25ClFN3O4/c1-6-29-12(5)24-19(27)11(4)23-16-9-17(15(22)8-14(16)21)25-18(26)7-13(10(2)3)20(25)28/h8-9,11-12,23H,6-7H2,1-5H3,(H,24,27). The summed E-state index contributed by atoms with van der Waals surface area (Å²) >= 11 is 6.11. The van der Waals surface area contributed by atoms with Crippen LogP contribution >= 0.6 is 11.6 Å². The lowest BCUT2D eigenvalue weighted by Gasteiger charge is -2.21. The quantitative estimate of drug-likeness (QED) is 0.397. The highest BCUT2D eigenvalue weighted by molar-refractivity contribution is 6.34. The van der Waals surface area contributed by atoms with Crippen LogP contribution in [0.15, 0.2) is 23.3 Å². The first-order valence-electron chi connectivity index (χ1n) is 9.28. The van der Waals surface area contributed by atoms with E-state index >= 15 is 0 Å². The van der Waals surface area contributed by atoms with E-state index in [0.29, 0.717) is 17.8 Å². The molecule has 1 aliphatic heterocycles. The summed E-state index contributed by atoms with van der Waals surface area (Å²) < 4.78 is 19.8. The molecule has 3 amide bonds. The van der Waals surface area contributed by atoms with Gasteiger partial charge in [0.15, 0.2) is 0 Å². The second-order valence-corrected chi connectivity index (χ2v) is 7.35. The van der Waals surface area contributed by atoms with E-state index in [9.17, 15) is 18.8 Å². The average molecular weight is 426 g/mol. The summed E-state index contributed by atoms with van der Waals surface area (Å²) in [6.45, 7) is 8.99. The Kier molecular flexibility index (Phi) is 7.37. The van der Waals surface area contributed by atoms with Crippen molar-refractivity contribution in [2.75, 3.05) is 16.8 Å². The van der Waals surface area contributed by atoms with Crippen molar-refractivity contribution in [2.24, 2.45) is 0 Å². The molecular formula is C20H25ClFN3O4. The number of halogens is 2. The monoisotopic (exact) mass is 425 g/mol. The number of hydrogen-bond donors (Lipinski definition) is 2. The molecule has 2 N–H and O–H groups in total. The zero-order valence-corrected chi connectivity index (χ0v) is 17.8. The van der Waals surface area contributed by atoms with Crippen molar-refractivity contribution in [3.63, 3.8) is 0 Å². The fraction of sp³-hybridized carbons (Fsp3) is 0.450. The van der Waals surface area contributed by atoms with Gasteiger partial charge < -0.3 is 15.4 Å². The van der Waals surface area contributed by atoms with Gasteiger partial charge in [-0.25, -0.2) is 9.29 Å². The summed E-state index contributed by atoms with van der Waals surface area (Å²) in [4.78, 5) is 38.0. The van der Waals surface area contributed by atoms with Crippen LogP contribution in [0.25, 0.3) is 0 Å². The van der Waals surface area contributed by atoms with Gasteiger partial charge in [0.1, 0.15) is 18.1 Å². The number of carbonyl (C=O) groups is 3. The van der Waals surface area contributed by atoms with Gasteiger partial charge in [0.05, 0.1) is 22.8 Å². The first-order valence-corrected chi connectivity index (χ1v) is 9.65. The van der Waals surface area contributed by atoms with E-state index in [0.717, 1.165) is 11.0 Å². The fourth-order valence-corrected chi connectivity index (χ4v) is 3.13. The minimum atomic E-state index is -0.806. The molecule has 0 saturated carbocycles. The summed E-state index contributed by atoms with van der Waals surface area (Å²) in [7, 11) is 0. The third kappa shape index (κ3) is 5.13. The topological polar surface area (TPSA) is 87.7 Å². The highest BCUT2D eigenvalue weighted by Crippen LogP contribution is 2.35. The Balaban J connectivity index is 2.28. The van der Waals surface area contributed by atoms with Gasteiger partial charge in [-0.2, -0.15) is 0 Å². The van der Waals surface area contributed by atoms with Crippen molar-refractivity contribution in [2.45, 2.75) is 53.3 Å². The van der Waals surface area contributed by atoms with E-state index in [-0.39, 0.29) is 28.7 Å². The van der Waals surface area contributed by atoms with Crippen molar-refractivity contribution >= 4 is 40.7 Å². The maximum atomic E-state index is 14.5. The summed E-state index contributed by atoms with van der Waals surface area (Å²) in [5, 5.41) is 5.57. The molecule has 7 nitrogen and oxygen atoms in total. The molecule has 0 spiro atoms. The van der Waals surface area contributed by atoms with Crippen LogP contribution in [-0.2, 0) is 19.1 Å². The number of imide groups is 1. The van der Waals surface area contributed by atoms with Gasteiger partial charge in [-0.05, 0) is 46.8 Å². The largest absolute Gasteiger partial charge is 0.373 e. The summed E-state index contributed by atoms with van der Waals surface area (Å²) in [5.74, 6) is -2.24. The first-order chi connectivity index (χ1) is 13.6. The normalized spacial score (nSPS) is 16.1. The molecule has 2 rings (SSSR count). The van der Waals surface area contributed by atoms with Crippen molar-refractivity contribution < 1.29 is 23.5 Å². The van der Waals surface area contributed by atoms with Gasteiger partial charge in [0.25, 0.3) is 5.91 Å². The number of allylic oxidation sites excluding steroid dienone is 1. The van der Waals surface area contributed by atoms with Gasteiger partial charge >= 0.3 is 0 Å². The number of rotatable bonds is 7. The smallest absolute Gasteiger partial charge is 0.261 e. The Bertz CT molecular complexity index is 868. The lowest BCUT2D eigenvalue weighted by atomic mass is 10.1. The Labute approximate surface area is 174 Å². The van der Waals surface area contributed by atoms with Crippen LogP contribution in [0.1, 0.15) is 41.0 Å². The molecule has 9 heteroatoms. The van der Waals surface area contributed by atoms with Crippen LogP contribution < -0.4 is 15.5 Å². The van der Waals surface area contributed by atoms with Crippen LogP contribution in [0.3, 0.4) is 0 Å². The third-order valence-electron chi connectivity index (χ3n) is 4.45. The molecule has 1 aromatic rings. The summed E-state index contributed by atoms with van der Waals surface area (Å²) in [5.41, 5.74) is 1.06. The molecule has 1 heterocycles. The van der Waals surface area contributed by atoms with Gasteiger partial charge in [0, 0.05) is 12.2 Å². The first kappa shape index (κ1) is 22.8. The molecular weight excluding hydrogens is 401 g/mol. The van der Waals surface area contributed by atoms with E-state index in [1.165, 1.54) is 6.07 Å². The van der Waals surface area contributed by atoms with Crippen molar-refractivity contribution in [1.29, 1.82) is 0 Å². The van der Waals surface area contributed by atoms with Crippen LogP contribution in [0, 0.1) is 5.82 Å².